The van der Waals surface area contributed by atoms with Crippen LogP contribution >= 0.6 is 0 Å². The van der Waals surface area contributed by atoms with E-state index in [2.05, 4.69) is 5.32 Å². The van der Waals surface area contributed by atoms with Gasteiger partial charge in [-0.15, -0.1) is 0 Å². The van der Waals surface area contributed by atoms with Crippen LogP contribution in [0.1, 0.15) is 48.3 Å². The first-order chi connectivity index (χ1) is 11.4. The predicted molar refractivity (Wildman–Crippen MR) is 88.6 cm³/mol. The largest absolute Gasteiger partial charge is 0.374 e. The molecule has 0 saturated heterocycles. The third kappa shape index (κ3) is 4.86. The molecule has 2 aromatic carbocycles. The summed E-state index contributed by atoms with van der Waals surface area (Å²) in [5.41, 5.74) is 1.68. The summed E-state index contributed by atoms with van der Waals surface area (Å²) in [4.78, 5) is 12.2. The number of nitrogens with one attached hydrogen (secondary N) is 1. The van der Waals surface area contributed by atoms with Crippen molar-refractivity contribution in [3.63, 3.8) is 0 Å². The Morgan fingerprint density at radius 3 is 2.33 bits per heavy atom. The van der Waals surface area contributed by atoms with Crippen molar-refractivity contribution >= 4 is 5.91 Å². The summed E-state index contributed by atoms with van der Waals surface area (Å²) in [6.07, 6.45) is 0.138. The second-order valence-corrected chi connectivity index (χ2v) is 5.92. The van der Waals surface area contributed by atoms with Crippen LogP contribution in [0.25, 0.3) is 0 Å². The highest BCUT2D eigenvalue weighted by Crippen LogP contribution is 2.18. The average molecular weight is 333 g/mol. The summed E-state index contributed by atoms with van der Waals surface area (Å²) < 4.78 is 32.2. The molecule has 24 heavy (non-hydrogen) atoms. The van der Waals surface area contributed by atoms with Crippen LogP contribution in [-0.4, -0.2) is 12.0 Å². The van der Waals surface area contributed by atoms with Gasteiger partial charge in [0.2, 0.25) is 0 Å². The highest BCUT2D eigenvalue weighted by Gasteiger charge is 2.15. The SMILES string of the molecule is CC(C)OCc1ccc(C(=O)N[C@@H](C)c2ccc(F)cc2F)cc1. The maximum absolute atomic E-state index is 13.8. The standard InChI is InChI=1S/C19H21F2NO2/c1-12(2)24-11-14-4-6-15(7-5-14)19(23)22-13(3)17-9-8-16(20)10-18(17)21/h4-10,12-13H,11H2,1-3H3,(H,22,23)/t13-/m0/s1. The van der Waals surface area contributed by atoms with Gasteiger partial charge in [-0.1, -0.05) is 18.2 Å². The van der Waals surface area contributed by atoms with Crippen molar-refractivity contribution in [2.45, 2.75) is 39.5 Å². The Morgan fingerprint density at radius 2 is 1.75 bits per heavy atom. The molecule has 0 aromatic heterocycles. The minimum atomic E-state index is -0.677. The molecule has 0 unspecified atom stereocenters. The molecule has 2 aromatic rings. The first-order valence-corrected chi connectivity index (χ1v) is 7.83. The summed E-state index contributed by atoms with van der Waals surface area (Å²) >= 11 is 0. The molecular formula is C19H21F2NO2. The molecule has 0 spiro atoms. The third-order valence-corrected chi connectivity index (χ3v) is 3.58. The molecule has 3 nitrogen and oxygen atoms in total. The fourth-order valence-corrected chi connectivity index (χ4v) is 2.23. The van der Waals surface area contributed by atoms with E-state index < -0.39 is 17.7 Å². The zero-order chi connectivity index (χ0) is 17.7. The second-order valence-electron chi connectivity index (χ2n) is 5.92. The quantitative estimate of drug-likeness (QED) is 0.852. The van der Waals surface area contributed by atoms with Gasteiger partial charge in [-0.05, 0) is 44.5 Å². The summed E-state index contributed by atoms with van der Waals surface area (Å²) in [5.74, 6) is -1.64. The molecule has 0 radical (unpaired) electrons. The molecule has 0 aliphatic heterocycles. The van der Waals surface area contributed by atoms with Gasteiger partial charge in [0.25, 0.3) is 5.91 Å². The van der Waals surface area contributed by atoms with Crippen LogP contribution in [0.2, 0.25) is 0 Å². The Balaban J connectivity index is 2.01. The van der Waals surface area contributed by atoms with E-state index in [4.69, 9.17) is 4.74 Å². The van der Waals surface area contributed by atoms with Crippen molar-refractivity contribution in [2.24, 2.45) is 0 Å². The maximum atomic E-state index is 13.8. The van der Waals surface area contributed by atoms with Crippen LogP contribution in [0.15, 0.2) is 42.5 Å². The Bertz CT molecular complexity index is 699. The lowest BCUT2D eigenvalue weighted by Crippen LogP contribution is -2.27. The van der Waals surface area contributed by atoms with Gasteiger partial charge in [0.1, 0.15) is 11.6 Å². The first-order valence-electron chi connectivity index (χ1n) is 7.83. The van der Waals surface area contributed by atoms with Gasteiger partial charge >= 0.3 is 0 Å². The fraction of sp³-hybridized carbons (Fsp3) is 0.316. The van der Waals surface area contributed by atoms with Gasteiger partial charge < -0.3 is 10.1 Å². The van der Waals surface area contributed by atoms with Crippen LogP contribution < -0.4 is 5.32 Å². The molecule has 5 heteroatoms. The number of ether oxygens (including phenoxy) is 1. The monoisotopic (exact) mass is 333 g/mol. The Morgan fingerprint density at radius 1 is 1.08 bits per heavy atom. The van der Waals surface area contributed by atoms with E-state index in [1.165, 1.54) is 12.1 Å². The van der Waals surface area contributed by atoms with E-state index in [9.17, 15) is 13.6 Å². The van der Waals surface area contributed by atoms with Gasteiger partial charge in [-0.25, -0.2) is 8.78 Å². The Hall–Kier alpha value is -2.27. The van der Waals surface area contributed by atoms with Crippen LogP contribution in [0.5, 0.6) is 0 Å². The summed E-state index contributed by atoms with van der Waals surface area (Å²) in [7, 11) is 0. The highest BCUT2D eigenvalue weighted by atomic mass is 19.1. The fourth-order valence-electron chi connectivity index (χ4n) is 2.23. The smallest absolute Gasteiger partial charge is 0.251 e. The zero-order valence-corrected chi connectivity index (χ0v) is 14.0. The number of hydrogen-bond donors (Lipinski definition) is 1. The molecular weight excluding hydrogens is 312 g/mol. The van der Waals surface area contributed by atoms with E-state index >= 15 is 0 Å². The van der Waals surface area contributed by atoms with Gasteiger partial charge in [-0.2, -0.15) is 0 Å². The van der Waals surface area contributed by atoms with E-state index in [1.807, 2.05) is 26.0 Å². The number of benzene rings is 2. The second kappa shape index (κ2) is 8.02. The van der Waals surface area contributed by atoms with Gasteiger partial charge in [0.15, 0.2) is 0 Å². The van der Waals surface area contributed by atoms with Crippen molar-refractivity contribution in [3.8, 4) is 0 Å². The van der Waals surface area contributed by atoms with Crippen LogP contribution in [0.4, 0.5) is 8.78 Å². The summed E-state index contributed by atoms with van der Waals surface area (Å²) in [6, 6.07) is 9.78. The van der Waals surface area contributed by atoms with E-state index in [0.29, 0.717) is 12.2 Å². The van der Waals surface area contributed by atoms with Crippen molar-refractivity contribution in [3.05, 3.63) is 70.8 Å². The maximum Gasteiger partial charge on any atom is 0.251 e. The first kappa shape index (κ1) is 18.1. The van der Waals surface area contributed by atoms with Gasteiger partial charge in [0.05, 0.1) is 18.8 Å². The molecule has 1 N–H and O–H groups in total. The minimum Gasteiger partial charge on any atom is -0.374 e. The van der Waals surface area contributed by atoms with Crippen molar-refractivity contribution in [1.82, 2.24) is 5.32 Å². The molecule has 0 aliphatic rings. The van der Waals surface area contributed by atoms with Crippen LogP contribution in [0.3, 0.4) is 0 Å². The molecule has 0 fully saturated rings. The number of carbonyl (C=O) groups excluding carboxylic acids is 1. The Kier molecular flexibility index (Phi) is 6.04. The highest BCUT2D eigenvalue weighted by molar-refractivity contribution is 5.94. The van der Waals surface area contributed by atoms with Crippen LogP contribution in [0, 0.1) is 11.6 Å². The molecule has 0 bridgehead atoms. The van der Waals surface area contributed by atoms with E-state index in [1.54, 1.807) is 19.1 Å². The number of halogens is 2. The average Bonchev–Trinajstić information content (AvgIpc) is 2.53. The van der Waals surface area contributed by atoms with Gasteiger partial charge in [-0.3, -0.25) is 4.79 Å². The summed E-state index contributed by atoms with van der Waals surface area (Å²) in [5, 5.41) is 2.71. The van der Waals surface area contributed by atoms with Crippen molar-refractivity contribution in [1.29, 1.82) is 0 Å². The number of carbonyl (C=O) groups is 1. The number of amides is 1. The molecule has 1 atom stereocenters. The lowest BCUT2D eigenvalue weighted by molar-refractivity contribution is 0.0656. The molecule has 128 valence electrons. The Labute approximate surface area is 140 Å². The third-order valence-electron chi connectivity index (χ3n) is 3.58. The lowest BCUT2D eigenvalue weighted by Gasteiger charge is -2.15. The minimum absolute atomic E-state index is 0.138. The summed E-state index contributed by atoms with van der Waals surface area (Å²) in [6.45, 7) is 6.05. The molecule has 0 aliphatic carbocycles. The van der Waals surface area contributed by atoms with Crippen molar-refractivity contribution < 1.29 is 18.3 Å². The van der Waals surface area contributed by atoms with E-state index in [0.717, 1.165) is 11.6 Å². The van der Waals surface area contributed by atoms with E-state index in [-0.39, 0.29) is 17.6 Å². The number of hydrogen-bond acceptors (Lipinski definition) is 2. The molecule has 0 heterocycles. The predicted octanol–water partition coefficient (Wildman–Crippen LogP) is 4.38. The van der Waals surface area contributed by atoms with Gasteiger partial charge in [0, 0.05) is 17.2 Å². The van der Waals surface area contributed by atoms with Crippen molar-refractivity contribution in [2.75, 3.05) is 0 Å². The molecule has 2 rings (SSSR count). The number of rotatable bonds is 6. The topological polar surface area (TPSA) is 38.3 Å². The molecule has 0 saturated carbocycles. The zero-order valence-electron chi connectivity index (χ0n) is 14.0. The molecule has 1 amide bonds. The van der Waals surface area contributed by atoms with Crippen LogP contribution in [-0.2, 0) is 11.3 Å². The lowest BCUT2D eigenvalue weighted by atomic mass is 10.1. The normalized spacial score (nSPS) is 12.2.